The Morgan fingerprint density at radius 1 is 1.32 bits per heavy atom. The first-order valence-corrected chi connectivity index (χ1v) is 7.73. The molecule has 0 aromatic heterocycles. The van der Waals surface area contributed by atoms with E-state index < -0.39 is 15.8 Å². The molecule has 0 aliphatic heterocycles. The number of sulfonamides is 1. The molecule has 1 N–H and O–H groups in total. The fourth-order valence-electron chi connectivity index (χ4n) is 1.44. The number of benzene rings is 1. The van der Waals surface area contributed by atoms with E-state index in [0.29, 0.717) is 25.6 Å². The van der Waals surface area contributed by atoms with Gasteiger partial charge in [-0.05, 0) is 24.5 Å². The van der Waals surface area contributed by atoms with Crippen LogP contribution in [-0.2, 0) is 14.8 Å². The van der Waals surface area contributed by atoms with Gasteiger partial charge in [-0.1, -0.05) is 26.0 Å². The molecule has 1 aromatic carbocycles. The zero-order valence-electron chi connectivity index (χ0n) is 11.2. The highest BCUT2D eigenvalue weighted by atomic mass is 32.2. The van der Waals surface area contributed by atoms with Gasteiger partial charge >= 0.3 is 0 Å². The van der Waals surface area contributed by atoms with Crippen LogP contribution in [0.4, 0.5) is 4.39 Å². The maximum atomic E-state index is 13.4. The van der Waals surface area contributed by atoms with Gasteiger partial charge in [0.05, 0.1) is 0 Å². The lowest BCUT2D eigenvalue weighted by Gasteiger charge is -2.09. The molecule has 19 heavy (non-hydrogen) atoms. The zero-order chi connectivity index (χ0) is 14.3. The van der Waals surface area contributed by atoms with E-state index in [1.165, 1.54) is 18.2 Å². The predicted octanol–water partition coefficient (Wildman–Crippen LogP) is 2.17. The predicted molar refractivity (Wildman–Crippen MR) is 71.9 cm³/mol. The summed E-state index contributed by atoms with van der Waals surface area (Å²) in [7, 11) is -3.78. The van der Waals surface area contributed by atoms with Gasteiger partial charge in [0.1, 0.15) is 10.7 Å². The molecule has 0 heterocycles. The standard InChI is InChI=1S/C13H20FNO3S/c1-11(2)10-18-9-5-8-15-19(16,17)13-7-4-3-6-12(13)14/h3-4,6-7,11,15H,5,8-10H2,1-2H3. The zero-order valence-corrected chi connectivity index (χ0v) is 12.0. The molecule has 0 aliphatic rings. The summed E-state index contributed by atoms with van der Waals surface area (Å²) < 4.78 is 44.7. The van der Waals surface area contributed by atoms with Crippen molar-refractivity contribution >= 4 is 10.0 Å². The summed E-state index contributed by atoms with van der Waals surface area (Å²) in [5.74, 6) is -0.291. The molecule has 0 fully saturated rings. The SMILES string of the molecule is CC(C)COCCCNS(=O)(=O)c1ccccc1F. The summed E-state index contributed by atoms with van der Waals surface area (Å²) in [6.45, 7) is 5.45. The van der Waals surface area contributed by atoms with Crippen molar-refractivity contribution < 1.29 is 17.5 Å². The second-order valence-corrected chi connectivity index (χ2v) is 6.39. The minimum atomic E-state index is -3.78. The molecule has 0 saturated heterocycles. The molecule has 0 unspecified atom stereocenters. The summed E-state index contributed by atoms with van der Waals surface area (Å²) in [4.78, 5) is -0.321. The summed E-state index contributed by atoms with van der Waals surface area (Å²) in [6.07, 6.45) is 0.556. The van der Waals surface area contributed by atoms with Crippen molar-refractivity contribution in [1.29, 1.82) is 0 Å². The number of ether oxygens (including phenoxy) is 1. The lowest BCUT2D eigenvalue weighted by molar-refractivity contribution is 0.108. The molecule has 4 nitrogen and oxygen atoms in total. The van der Waals surface area contributed by atoms with Crippen LogP contribution in [-0.4, -0.2) is 28.2 Å². The van der Waals surface area contributed by atoms with Crippen LogP contribution in [0.15, 0.2) is 29.2 Å². The van der Waals surface area contributed by atoms with E-state index in [2.05, 4.69) is 4.72 Å². The average molecular weight is 289 g/mol. The first kappa shape index (κ1) is 16.1. The van der Waals surface area contributed by atoms with Gasteiger partial charge < -0.3 is 4.74 Å². The first-order valence-electron chi connectivity index (χ1n) is 6.25. The van der Waals surface area contributed by atoms with Crippen molar-refractivity contribution in [2.75, 3.05) is 19.8 Å². The Balaban J connectivity index is 2.38. The monoisotopic (exact) mass is 289 g/mol. The van der Waals surface area contributed by atoms with E-state index in [1.807, 2.05) is 13.8 Å². The normalized spacial score (nSPS) is 12.0. The van der Waals surface area contributed by atoms with Gasteiger partial charge in [-0.25, -0.2) is 17.5 Å². The molecular weight excluding hydrogens is 269 g/mol. The Bertz CT molecular complexity index is 488. The third-order valence-electron chi connectivity index (χ3n) is 2.33. The third-order valence-corrected chi connectivity index (χ3v) is 3.83. The van der Waals surface area contributed by atoms with Gasteiger partial charge in [-0.15, -0.1) is 0 Å². The van der Waals surface area contributed by atoms with Crippen molar-refractivity contribution in [2.45, 2.75) is 25.2 Å². The quantitative estimate of drug-likeness (QED) is 0.746. The number of hydrogen-bond donors (Lipinski definition) is 1. The Kier molecular flexibility index (Phi) is 6.41. The second kappa shape index (κ2) is 7.57. The molecule has 6 heteroatoms. The molecule has 0 amide bonds. The molecule has 108 valence electrons. The Morgan fingerprint density at radius 3 is 2.63 bits per heavy atom. The smallest absolute Gasteiger partial charge is 0.243 e. The van der Waals surface area contributed by atoms with Gasteiger partial charge in [-0.2, -0.15) is 0 Å². The number of hydrogen-bond acceptors (Lipinski definition) is 3. The molecule has 0 spiro atoms. The van der Waals surface area contributed by atoms with Gasteiger partial charge in [-0.3, -0.25) is 0 Å². The largest absolute Gasteiger partial charge is 0.381 e. The maximum Gasteiger partial charge on any atom is 0.243 e. The topological polar surface area (TPSA) is 55.4 Å². The van der Waals surface area contributed by atoms with Gasteiger partial charge in [0.15, 0.2) is 0 Å². The van der Waals surface area contributed by atoms with Crippen LogP contribution in [0.1, 0.15) is 20.3 Å². The minimum absolute atomic E-state index is 0.231. The summed E-state index contributed by atoms with van der Waals surface area (Å²) in [6, 6.07) is 5.31. The van der Waals surface area contributed by atoms with Gasteiger partial charge in [0, 0.05) is 19.8 Å². The van der Waals surface area contributed by atoms with E-state index in [1.54, 1.807) is 0 Å². The van der Waals surface area contributed by atoms with Crippen molar-refractivity contribution in [2.24, 2.45) is 5.92 Å². The van der Waals surface area contributed by atoms with Crippen LogP contribution in [0, 0.1) is 11.7 Å². The fourth-order valence-corrected chi connectivity index (χ4v) is 2.59. The molecule has 0 aliphatic carbocycles. The van der Waals surface area contributed by atoms with Crippen LogP contribution in [0.5, 0.6) is 0 Å². The molecule has 0 radical (unpaired) electrons. The highest BCUT2D eigenvalue weighted by molar-refractivity contribution is 7.89. The van der Waals surface area contributed by atoms with Crippen molar-refractivity contribution in [3.63, 3.8) is 0 Å². The number of nitrogens with one attached hydrogen (secondary N) is 1. The first-order chi connectivity index (χ1) is 8.93. The van der Waals surface area contributed by atoms with Crippen molar-refractivity contribution in [3.05, 3.63) is 30.1 Å². The molecule has 0 atom stereocenters. The van der Waals surface area contributed by atoms with Crippen LogP contribution in [0.3, 0.4) is 0 Å². The lowest BCUT2D eigenvalue weighted by atomic mass is 10.2. The van der Waals surface area contributed by atoms with E-state index in [0.717, 1.165) is 6.07 Å². The van der Waals surface area contributed by atoms with Crippen LogP contribution in [0.25, 0.3) is 0 Å². The molecule has 1 aromatic rings. The van der Waals surface area contributed by atoms with E-state index in [4.69, 9.17) is 4.74 Å². The summed E-state index contributed by atoms with van der Waals surface area (Å²) in [5.41, 5.74) is 0. The highest BCUT2D eigenvalue weighted by Gasteiger charge is 2.17. The molecule has 1 rings (SSSR count). The molecule has 0 bridgehead atoms. The van der Waals surface area contributed by atoms with Gasteiger partial charge in [0.25, 0.3) is 0 Å². The maximum absolute atomic E-state index is 13.4. The number of rotatable bonds is 8. The van der Waals surface area contributed by atoms with Crippen LogP contribution in [0.2, 0.25) is 0 Å². The van der Waals surface area contributed by atoms with E-state index >= 15 is 0 Å². The second-order valence-electron chi connectivity index (χ2n) is 4.65. The summed E-state index contributed by atoms with van der Waals surface area (Å²) >= 11 is 0. The van der Waals surface area contributed by atoms with E-state index in [-0.39, 0.29) is 11.4 Å². The van der Waals surface area contributed by atoms with Crippen molar-refractivity contribution in [3.8, 4) is 0 Å². The average Bonchev–Trinajstić information content (AvgIpc) is 2.33. The highest BCUT2D eigenvalue weighted by Crippen LogP contribution is 2.12. The van der Waals surface area contributed by atoms with E-state index in [9.17, 15) is 12.8 Å². The lowest BCUT2D eigenvalue weighted by Crippen LogP contribution is -2.26. The van der Waals surface area contributed by atoms with Crippen molar-refractivity contribution in [1.82, 2.24) is 4.72 Å². The fraction of sp³-hybridized carbons (Fsp3) is 0.538. The van der Waals surface area contributed by atoms with Crippen LogP contribution >= 0.6 is 0 Å². The third kappa shape index (κ3) is 5.67. The Hall–Kier alpha value is -0.980. The Labute approximate surface area is 114 Å². The number of halogens is 1. The molecule has 0 saturated carbocycles. The summed E-state index contributed by atoms with van der Waals surface area (Å²) in [5, 5.41) is 0. The molecular formula is C13H20FNO3S. The van der Waals surface area contributed by atoms with Gasteiger partial charge in [0.2, 0.25) is 10.0 Å². The minimum Gasteiger partial charge on any atom is -0.381 e. The Morgan fingerprint density at radius 2 is 2.00 bits per heavy atom. The van der Waals surface area contributed by atoms with Crippen LogP contribution < -0.4 is 4.72 Å².